The van der Waals surface area contributed by atoms with E-state index in [1.165, 1.54) is 11.1 Å². The van der Waals surface area contributed by atoms with E-state index < -0.39 is 9.84 Å². The summed E-state index contributed by atoms with van der Waals surface area (Å²) in [6, 6.07) is 6.16. The number of sulfone groups is 1. The smallest absolute Gasteiger partial charge is 0.164 e. The first kappa shape index (κ1) is 14.9. The topological polar surface area (TPSA) is 49.7 Å². The Morgan fingerprint density at radius 2 is 2.05 bits per heavy atom. The van der Waals surface area contributed by atoms with Crippen molar-refractivity contribution < 1.29 is 8.42 Å². The van der Waals surface area contributed by atoms with E-state index in [9.17, 15) is 8.42 Å². The molecule has 6 heteroatoms. The molecule has 1 aromatic carbocycles. The second kappa shape index (κ2) is 5.32. The molecule has 0 amide bonds. The first-order valence-corrected chi connectivity index (χ1v) is 9.99. The summed E-state index contributed by atoms with van der Waals surface area (Å²) in [5, 5.41) is 0.964. The maximum atomic E-state index is 11.9. The van der Waals surface area contributed by atoms with Crippen molar-refractivity contribution in [3.05, 3.63) is 29.3 Å². The summed E-state index contributed by atoms with van der Waals surface area (Å²) in [4.78, 5) is 6.81. The van der Waals surface area contributed by atoms with Crippen molar-refractivity contribution in [2.75, 3.05) is 22.2 Å². The lowest BCUT2D eigenvalue weighted by Crippen LogP contribution is -2.39. The molecule has 2 atom stereocenters. The zero-order valence-corrected chi connectivity index (χ0v) is 14.2. The zero-order chi connectivity index (χ0) is 15.2. The van der Waals surface area contributed by atoms with Gasteiger partial charge in [-0.1, -0.05) is 24.8 Å². The van der Waals surface area contributed by atoms with E-state index in [0.717, 1.165) is 16.6 Å². The lowest BCUT2D eigenvalue weighted by molar-refractivity contribution is 0.601. The van der Waals surface area contributed by atoms with Crippen LogP contribution in [0.4, 0.5) is 5.69 Å². The minimum Gasteiger partial charge on any atom is -0.315 e. The van der Waals surface area contributed by atoms with Crippen molar-refractivity contribution in [2.24, 2.45) is 4.99 Å². The Kier molecular flexibility index (Phi) is 3.78. The predicted molar refractivity (Wildman–Crippen MR) is 90.2 cm³/mol. The first-order valence-electron chi connectivity index (χ1n) is 7.19. The van der Waals surface area contributed by atoms with E-state index in [1.807, 2.05) is 0 Å². The molecule has 1 saturated heterocycles. The maximum absolute atomic E-state index is 11.9. The van der Waals surface area contributed by atoms with Crippen molar-refractivity contribution in [1.29, 1.82) is 0 Å². The monoisotopic (exact) mass is 324 g/mol. The molecule has 0 aliphatic carbocycles. The first-order chi connectivity index (χ1) is 9.91. The molecule has 4 nitrogen and oxygen atoms in total. The van der Waals surface area contributed by atoms with Crippen molar-refractivity contribution in [2.45, 2.75) is 32.9 Å². The fraction of sp³-hybridized carbons (Fsp3) is 0.533. The Morgan fingerprint density at radius 1 is 1.29 bits per heavy atom. The van der Waals surface area contributed by atoms with Crippen LogP contribution in [0.2, 0.25) is 0 Å². The summed E-state index contributed by atoms with van der Waals surface area (Å²) < 4.78 is 23.8. The fourth-order valence-electron chi connectivity index (χ4n) is 2.94. The number of hydrogen-bond donors (Lipinski definition) is 0. The minimum absolute atomic E-state index is 0.0360. The van der Waals surface area contributed by atoms with E-state index in [0.29, 0.717) is 0 Å². The fourth-order valence-corrected chi connectivity index (χ4v) is 5.63. The van der Waals surface area contributed by atoms with Crippen molar-refractivity contribution in [3.8, 4) is 0 Å². The molecule has 1 aromatic rings. The van der Waals surface area contributed by atoms with Gasteiger partial charge in [0.1, 0.15) is 0 Å². The van der Waals surface area contributed by atoms with Gasteiger partial charge in [0.25, 0.3) is 0 Å². The molecule has 0 saturated carbocycles. The lowest BCUT2D eigenvalue weighted by atomic mass is 10.1. The van der Waals surface area contributed by atoms with Gasteiger partial charge in [0.05, 0.1) is 23.6 Å². The van der Waals surface area contributed by atoms with Crippen LogP contribution >= 0.6 is 11.8 Å². The number of thioether (sulfide) groups is 1. The average molecular weight is 324 g/mol. The highest BCUT2D eigenvalue weighted by Crippen LogP contribution is 2.35. The van der Waals surface area contributed by atoms with E-state index >= 15 is 0 Å². The van der Waals surface area contributed by atoms with Crippen molar-refractivity contribution in [1.82, 2.24) is 0 Å². The van der Waals surface area contributed by atoms with Gasteiger partial charge in [-0.25, -0.2) is 8.42 Å². The van der Waals surface area contributed by atoms with Gasteiger partial charge in [0.2, 0.25) is 0 Å². The number of amidine groups is 1. The molecule has 1 fully saturated rings. The highest BCUT2D eigenvalue weighted by Gasteiger charge is 2.47. The second-order valence-corrected chi connectivity index (χ2v) is 9.08. The maximum Gasteiger partial charge on any atom is 0.164 e. The number of aryl methyl sites for hydroxylation is 2. The van der Waals surface area contributed by atoms with E-state index in [1.54, 1.807) is 11.8 Å². The van der Waals surface area contributed by atoms with Gasteiger partial charge in [-0.05, 0) is 42.9 Å². The Hall–Kier alpha value is -1.01. The largest absolute Gasteiger partial charge is 0.315 e. The number of benzene rings is 1. The number of nitrogens with zero attached hydrogens (tertiary/aromatic N) is 2. The highest BCUT2D eigenvalue weighted by atomic mass is 32.2. The number of aliphatic imine (C=N–C) groups is 1. The molecule has 0 unspecified atom stereocenters. The van der Waals surface area contributed by atoms with Gasteiger partial charge in [0.15, 0.2) is 15.0 Å². The molecule has 2 aliphatic heterocycles. The molecule has 3 rings (SSSR count). The number of fused-ring (bicyclic) bond motifs is 1. The van der Waals surface area contributed by atoms with Crippen LogP contribution in [0.5, 0.6) is 0 Å². The summed E-state index contributed by atoms with van der Waals surface area (Å²) in [6.45, 7) is 6.26. The molecule has 0 N–H and O–H groups in total. The summed E-state index contributed by atoms with van der Waals surface area (Å²) >= 11 is 1.69. The summed E-state index contributed by atoms with van der Waals surface area (Å²) in [5.74, 6) is 1.33. The third-order valence-electron chi connectivity index (χ3n) is 4.15. The molecule has 0 bridgehead atoms. The van der Waals surface area contributed by atoms with Crippen LogP contribution in [-0.2, 0) is 9.84 Å². The summed E-state index contributed by atoms with van der Waals surface area (Å²) in [5.41, 5.74) is 3.52. The normalized spacial score (nSPS) is 26.8. The lowest BCUT2D eigenvalue weighted by Gasteiger charge is -2.27. The van der Waals surface area contributed by atoms with Gasteiger partial charge >= 0.3 is 0 Å². The average Bonchev–Trinajstić information content (AvgIpc) is 2.85. The van der Waals surface area contributed by atoms with Crippen molar-refractivity contribution in [3.63, 3.8) is 0 Å². The standard InChI is InChI=1S/C15H20N2O2S2/c1-4-20-15-16-13-8-21(18,19)9-14(13)17(15)12-6-5-10(2)11(3)7-12/h5-7,13-14H,4,8-9H2,1-3H3/t13-,14-/m1/s1. The van der Waals surface area contributed by atoms with Crippen LogP contribution in [0, 0.1) is 13.8 Å². The van der Waals surface area contributed by atoms with Gasteiger partial charge < -0.3 is 4.90 Å². The SMILES string of the molecule is CCSC1=N[C@@H]2CS(=O)(=O)C[C@H]2N1c1ccc(C)c(C)c1. The van der Waals surface area contributed by atoms with Crippen LogP contribution in [-0.4, -0.2) is 42.9 Å². The number of rotatable bonds is 2. The van der Waals surface area contributed by atoms with E-state index in [4.69, 9.17) is 0 Å². The molecule has 2 heterocycles. The molecular weight excluding hydrogens is 304 g/mol. The van der Waals surface area contributed by atoms with Gasteiger partial charge in [-0.2, -0.15) is 0 Å². The van der Waals surface area contributed by atoms with Crippen LogP contribution in [0.25, 0.3) is 0 Å². The van der Waals surface area contributed by atoms with Crippen LogP contribution in [0.3, 0.4) is 0 Å². The molecular formula is C15H20N2O2S2. The van der Waals surface area contributed by atoms with E-state index in [2.05, 4.69) is 48.9 Å². The Morgan fingerprint density at radius 3 is 2.71 bits per heavy atom. The molecule has 0 spiro atoms. The zero-order valence-electron chi connectivity index (χ0n) is 12.5. The number of hydrogen-bond acceptors (Lipinski definition) is 5. The summed E-state index contributed by atoms with van der Waals surface area (Å²) in [7, 11) is -2.96. The van der Waals surface area contributed by atoms with Gasteiger partial charge in [-0.3, -0.25) is 4.99 Å². The van der Waals surface area contributed by atoms with Gasteiger partial charge in [0, 0.05) is 5.69 Å². The molecule has 0 radical (unpaired) electrons. The van der Waals surface area contributed by atoms with Crippen LogP contribution in [0.15, 0.2) is 23.2 Å². The third-order valence-corrected chi connectivity index (χ3v) is 6.70. The third kappa shape index (κ3) is 2.71. The second-order valence-electron chi connectivity index (χ2n) is 5.69. The Labute approximate surface area is 130 Å². The minimum atomic E-state index is -2.96. The Balaban J connectivity index is 2.01. The highest BCUT2D eigenvalue weighted by molar-refractivity contribution is 8.14. The van der Waals surface area contributed by atoms with Crippen molar-refractivity contribution >= 4 is 32.5 Å². The van der Waals surface area contributed by atoms with Crippen LogP contribution < -0.4 is 4.90 Å². The predicted octanol–water partition coefficient (Wildman–Crippen LogP) is 2.40. The Bertz CT molecular complexity index is 698. The van der Waals surface area contributed by atoms with E-state index in [-0.39, 0.29) is 23.6 Å². The molecule has 2 aliphatic rings. The quantitative estimate of drug-likeness (QED) is 0.838. The molecule has 114 valence electrons. The molecule has 0 aromatic heterocycles. The van der Waals surface area contributed by atoms with Crippen LogP contribution in [0.1, 0.15) is 18.1 Å². The molecule has 21 heavy (non-hydrogen) atoms. The summed E-state index contributed by atoms with van der Waals surface area (Å²) in [6.07, 6.45) is 0. The number of anilines is 1. The van der Waals surface area contributed by atoms with Gasteiger partial charge in [-0.15, -0.1) is 0 Å².